The molecular weight excluding hydrogens is 312 g/mol. The molecule has 0 aromatic heterocycles. The van der Waals surface area contributed by atoms with Gasteiger partial charge < -0.3 is 5.32 Å². The Morgan fingerprint density at radius 2 is 1.76 bits per heavy atom. The highest BCUT2D eigenvalue weighted by molar-refractivity contribution is 7.92. The highest BCUT2D eigenvalue weighted by atomic mass is 32.2. The van der Waals surface area contributed by atoms with Crippen LogP contribution in [-0.4, -0.2) is 63.1 Å². The van der Waals surface area contributed by atoms with Crippen LogP contribution in [0.25, 0.3) is 0 Å². The van der Waals surface area contributed by atoms with Crippen LogP contribution in [0.1, 0.15) is 26.7 Å². The van der Waals surface area contributed by atoms with Crippen LogP contribution in [0.4, 0.5) is 0 Å². The minimum atomic E-state index is -3.42. The summed E-state index contributed by atoms with van der Waals surface area (Å²) in [7, 11) is -6.46. The Labute approximate surface area is 127 Å². The molecule has 0 radical (unpaired) electrons. The van der Waals surface area contributed by atoms with Crippen LogP contribution < -0.4 is 5.32 Å². The average molecular weight is 336 g/mol. The van der Waals surface area contributed by atoms with Crippen LogP contribution in [0, 0.1) is 11.8 Å². The molecule has 3 heterocycles. The predicted octanol–water partition coefficient (Wildman–Crippen LogP) is -0.177. The van der Waals surface area contributed by atoms with E-state index in [1.54, 1.807) is 4.31 Å². The summed E-state index contributed by atoms with van der Waals surface area (Å²) in [6, 6.07) is 0. The lowest BCUT2D eigenvalue weighted by Gasteiger charge is -2.37. The van der Waals surface area contributed by atoms with E-state index in [1.807, 2.05) is 13.8 Å². The largest absolute Gasteiger partial charge is 0.316 e. The maximum atomic E-state index is 13.0. The van der Waals surface area contributed by atoms with Gasteiger partial charge in [0.15, 0.2) is 0 Å². The minimum Gasteiger partial charge on any atom is -0.316 e. The van der Waals surface area contributed by atoms with E-state index in [0.717, 1.165) is 13.1 Å². The molecule has 0 saturated carbocycles. The number of nitrogens with zero attached hydrogens (tertiary/aromatic N) is 1. The molecule has 2 unspecified atom stereocenters. The van der Waals surface area contributed by atoms with Gasteiger partial charge in [-0.3, -0.25) is 0 Å². The second kappa shape index (κ2) is 4.91. The summed E-state index contributed by atoms with van der Waals surface area (Å²) in [4.78, 5) is 0. The number of hydrogen-bond donors (Lipinski definition) is 1. The van der Waals surface area contributed by atoms with Crippen LogP contribution in [0.5, 0.6) is 0 Å². The molecule has 1 N–H and O–H groups in total. The molecule has 6 nitrogen and oxygen atoms in total. The topological polar surface area (TPSA) is 83.6 Å². The third kappa shape index (κ3) is 2.54. The van der Waals surface area contributed by atoms with E-state index in [9.17, 15) is 16.8 Å². The van der Waals surface area contributed by atoms with Crippen molar-refractivity contribution < 1.29 is 16.8 Å². The van der Waals surface area contributed by atoms with Crippen molar-refractivity contribution in [1.82, 2.24) is 9.62 Å². The molecule has 3 aliphatic heterocycles. The van der Waals surface area contributed by atoms with E-state index in [2.05, 4.69) is 5.32 Å². The van der Waals surface area contributed by atoms with E-state index in [1.165, 1.54) is 0 Å². The summed E-state index contributed by atoms with van der Waals surface area (Å²) in [5, 5.41) is 2.81. The molecule has 3 fully saturated rings. The third-order valence-electron chi connectivity index (χ3n) is 5.52. The Morgan fingerprint density at radius 1 is 1.14 bits per heavy atom. The van der Waals surface area contributed by atoms with Gasteiger partial charge in [-0.2, -0.15) is 4.31 Å². The highest BCUT2D eigenvalue weighted by Gasteiger charge is 2.55. The smallest absolute Gasteiger partial charge is 0.217 e. The second-order valence-corrected chi connectivity index (χ2v) is 11.5. The SMILES string of the molecule is CC1(C)C2CNCC2CN1S(=O)(=O)C1CCS(=O)(=O)CC1. The molecule has 8 heteroatoms. The Balaban J connectivity index is 1.83. The molecule has 0 aromatic carbocycles. The van der Waals surface area contributed by atoms with E-state index in [-0.39, 0.29) is 29.9 Å². The zero-order valence-corrected chi connectivity index (χ0v) is 14.2. The van der Waals surface area contributed by atoms with Gasteiger partial charge in [0.25, 0.3) is 0 Å². The first-order chi connectivity index (χ1) is 9.64. The van der Waals surface area contributed by atoms with Crippen LogP contribution in [-0.2, 0) is 19.9 Å². The fourth-order valence-electron chi connectivity index (χ4n) is 4.16. The van der Waals surface area contributed by atoms with Gasteiger partial charge >= 0.3 is 0 Å². The summed E-state index contributed by atoms with van der Waals surface area (Å²) in [5.74, 6) is 0.723. The average Bonchev–Trinajstić information content (AvgIpc) is 2.91. The van der Waals surface area contributed by atoms with Gasteiger partial charge in [0, 0.05) is 18.6 Å². The minimum absolute atomic E-state index is 0.000419. The molecule has 3 rings (SSSR count). The fourth-order valence-corrected chi connectivity index (χ4v) is 8.33. The summed E-state index contributed by atoms with van der Waals surface area (Å²) in [6.45, 7) is 6.31. The number of sulfonamides is 1. The first-order valence-electron chi connectivity index (χ1n) is 7.57. The van der Waals surface area contributed by atoms with Gasteiger partial charge in [-0.25, -0.2) is 16.8 Å². The van der Waals surface area contributed by atoms with Crippen molar-refractivity contribution in [2.75, 3.05) is 31.1 Å². The Bertz CT molecular complexity index is 613. The van der Waals surface area contributed by atoms with Crippen LogP contribution >= 0.6 is 0 Å². The molecule has 0 amide bonds. The lowest BCUT2D eigenvalue weighted by molar-refractivity contribution is 0.230. The zero-order chi connectivity index (χ0) is 15.5. The van der Waals surface area contributed by atoms with Gasteiger partial charge in [-0.15, -0.1) is 0 Å². The lowest BCUT2D eigenvalue weighted by Crippen LogP contribution is -2.51. The summed E-state index contributed by atoms with van der Waals surface area (Å²) < 4.78 is 50.6. The summed E-state index contributed by atoms with van der Waals surface area (Å²) in [5.41, 5.74) is -0.386. The van der Waals surface area contributed by atoms with Crippen molar-refractivity contribution in [3.05, 3.63) is 0 Å². The normalized spacial score (nSPS) is 36.7. The second-order valence-electron chi connectivity index (χ2n) is 7.11. The van der Waals surface area contributed by atoms with Gasteiger partial charge in [0.05, 0.1) is 16.8 Å². The molecule has 0 aromatic rings. The quantitative estimate of drug-likeness (QED) is 0.756. The number of sulfone groups is 1. The summed E-state index contributed by atoms with van der Waals surface area (Å²) >= 11 is 0. The van der Waals surface area contributed by atoms with Crippen molar-refractivity contribution in [2.24, 2.45) is 11.8 Å². The zero-order valence-electron chi connectivity index (χ0n) is 12.6. The number of nitrogens with one attached hydrogen (secondary N) is 1. The number of hydrogen-bond acceptors (Lipinski definition) is 5. The van der Waals surface area contributed by atoms with Crippen LogP contribution in [0.15, 0.2) is 0 Å². The maximum Gasteiger partial charge on any atom is 0.217 e. The van der Waals surface area contributed by atoms with Crippen molar-refractivity contribution >= 4 is 19.9 Å². The van der Waals surface area contributed by atoms with Crippen molar-refractivity contribution in [3.63, 3.8) is 0 Å². The molecule has 0 bridgehead atoms. The van der Waals surface area contributed by atoms with E-state index < -0.39 is 25.1 Å². The first-order valence-corrected chi connectivity index (χ1v) is 10.9. The Hall–Kier alpha value is -0.180. The lowest BCUT2D eigenvalue weighted by atomic mass is 9.85. The van der Waals surface area contributed by atoms with Crippen LogP contribution in [0.3, 0.4) is 0 Å². The van der Waals surface area contributed by atoms with E-state index in [4.69, 9.17) is 0 Å². The van der Waals surface area contributed by atoms with Gasteiger partial charge in [0.2, 0.25) is 10.0 Å². The van der Waals surface area contributed by atoms with E-state index >= 15 is 0 Å². The van der Waals surface area contributed by atoms with Crippen molar-refractivity contribution in [3.8, 4) is 0 Å². The van der Waals surface area contributed by atoms with Gasteiger partial charge in [-0.05, 0) is 45.1 Å². The fraction of sp³-hybridized carbons (Fsp3) is 1.00. The third-order valence-corrected chi connectivity index (χ3v) is 9.78. The predicted molar refractivity (Wildman–Crippen MR) is 81.2 cm³/mol. The molecule has 122 valence electrons. The van der Waals surface area contributed by atoms with Gasteiger partial charge in [-0.1, -0.05) is 0 Å². The molecule has 21 heavy (non-hydrogen) atoms. The van der Waals surface area contributed by atoms with Gasteiger partial charge in [0.1, 0.15) is 9.84 Å². The number of rotatable bonds is 2. The van der Waals surface area contributed by atoms with E-state index in [0.29, 0.717) is 18.4 Å². The first kappa shape index (κ1) is 15.7. The highest BCUT2D eigenvalue weighted by Crippen LogP contribution is 2.43. The number of fused-ring (bicyclic) bond motifs is 1. The molecule has 3 saturated heterocycles. The van der Waals surface area contributed by atoms with Crippen molar-refractivity contribution in [2.45, 2.75) is 37.5 Å². The molecular formula is C13H24N2O4S2. The van der Waals surface area contributed by atoms with Crippen molar-refractivity contribution in [1.29, 1.82) is 0 Å². The monoisotopic (exact) mass is 336 g/mol. The Kier molecular flexibility index (Phi) is 3.67. The standard InChI is InChI=1S/C13H24N2O4S2/c1-13(2)12-8-14-7-10(12)9-15(13)21(18,19)11-3-5-20(16,17)6-4-11/h10-12,14H,3-9H2,1-2H3. The summed E-state index contributed by atoms with van der Waals surface area (Å²) in [6.07, 6.45) is 0.482. The van der Waals surface area contributed by atoms with Crippen LogP contribution in [0.2, 0.25) is 0 Å². The molecule has 2 atom stereocenters. The molecule has 0 aliphatic carbocycles. The molecule has 3 aliphatic rings. The molecule has 0 spiro atoms. The Morgan fingerprint density at radius 3 is 2.33 bits per heavy atom. The maximum absolute atomic E-state index is 13.0.